The van der Waals surface area contributed by atoms with Crippen LogP contribution < -0.4 is 10.1 Å². The number of urea groups is 1. The molecule has 3 N–H and O–H groups in total. The molecule has 2 aromatic carbocycles. The Morgan fingerprint density at radius 2 is 1.85 bits per heavy atom. The van der Waals surface area contributed by atoms with E-state index in [0.29, 0.717) is 53.3 Å². The lowest BCUT2D eigenvalue weighted by atomic mass is 10.1. The summed E-state index contributed by atoms with van der Waals surface area (Å²) in [5, 5.41) is 13.8. The summed E-state index contributed by atoms with van der Waals surface area (Å²) in [5.41, 5.74) is 4.58. The summed E-state index contributed by atoms with van der Waals surface area (Å²) in [6, 6.07) is 15.0. The lowest BCUT2D eigenvalue weighted by Crippen LogP contribution is -2.42. The van der Waals surface area contributed by atoms with Crippen molar-refractivity contribution in [1.82, 2.24) is 24.8 Å². The van der Waals surface area contributed by atoms with Gasteiger partial charge in [0.2, 0.25) is 0 Å². The predicted molar refractivity (Wildman–Crippen MR) is 158 cm³/mol. The number of halogens is 1. The third kappa shape index (κ3) is 6.62. The summed E-state index contributed by atoms with van der Waals surface area (Å²) in [4.78, 5) is 29.1. The normalized spacial score (nSPS) is 16.7. The van der Waals surface area contributed by atoms with Crippen molar-refractivity contribution in [2.24, 2.45) is 0 Å². The Balaban J connectivity index is 1.12. The second-order valence-electron chi connectivity index (χ2n) is 10.4. The van der Waals surface area contributed by atoms with Crippen LogP contribution in [0.15, 0.2) is 54.7 Å². The molecule has 4 heterocycles. The zero-order valence-corrected chi connectivity index (χ0v) is 23.4. The molecule has 11 heteroatoms. The summed E-state index contributed by atoms with van der Waals surface area (Å²) in [6.45, 7) is 5.42. The molecule has 2 aromatic heterocycles. The number of H-pyrrole nitrogens is 1. The van der Waals surface area contributed by atoms with Crippen molar-refractivity contribution in [3.05, 3.63) is 59.8 Å². The minimum atomic E-state index is -0.565. The lowest BCUT2D eigenvalue weighted by Gasteiger charge is -2.28. The van der Waals surface area contributed by atoms with Crippen molar-refractivity contribution < 1.29 is 19.4 Å². The molecular formula is C30H33ClN6O4. The molecule has 6 rings (SSSR count). The van der Waals surface area contributed by atoms with E-state index in [1.807, 2.05) is 41.3 Å². The van der Waals surface area contributed by atoms with Crippen LogP contribution in [0.4, 0.5) is 10.5 Å². The third-order valence-corrected chi connectivity index (χ3v) is 7.74. The zero-order chi connectivity index (χ0) is 28.2. The highest BCUT2D eigenvalue weighted by molar-refractivity contribution is 6.33. The van der Waals surface area contributed by atoms with Crippen molar-refractivity contribution in [2.75, 3.05) is 57.9 Å². The second kappa shape index (κ2) is 12.4. The van der Waals surface area contributed by atoms with Gasteiger partial charge in [0, 0.05) is 55.7 Å². The van der Waals surface area contributed by atoms with Crippen LogP contribution in [0.3, 0.4) is 0 Å². The van der Waals surface area contributed by atoms with Crippen LogP contribution in [0.2, 0.25) is 5.02 Å². The molecule has 0 bridgehead atoms. The van der Waals surface area contributed by atoms with Gasteiger partial charge in [0.15, 0.2) is 5.65 Å². The summed E-state index contributed by atoms with van der Waals surface area (Å²) < 4.78 is 11.2. The molecule has 41 heavy (non-hydrogen) atoms. The van der Waals surface area contributed by atoms with Gasteiger partial charge in [-0.2, -0.15) is 0 Å². The highest BCUT2D eigenvalue weighted by atomic mass is 35.5. The number of β-amino-alcohol motifs (C(OH)–C–C–N with tert-alkyl or cyclic N) is 1. The van der Waals surface area contributed by atoms with Gasteiger partial charge < -0.3 is 29.8 Å². The highest BCUT2D eigenvalue weighted by Crippen LogP contribution is 2.31. The van der Waals surface area contributed by atoms with Crippen molar-refractivity contribution in [2.45, 2.75) is 18.9 Å². The largest absolute Gasteiger partial charge is 0.491 e. The number of likely N-dealkylation sites (tertiary alicyclic amines) is 1. The molecule has 0 spiro atoms. The van der Waals surface area contributed by atoms with Crippen LogP contribution in [0.1, 0.15) is 12.8 Å². The molecule has 4 aromatic rings. The second-order valence-corrected chi connectivity index (χ2v) is 10.8. The average molecular weight is 577 g/mol. The number of fused-ring (bicyclic) bond motifs is 1. The van der Waals surface area contributed by atoms with Crippen molar-refractivity contribution in [3.8, 4) is 28.3 Å². The van der Waals surface area contributed by atoms with Gasteiger partial charge in [0.1, 0.15) is 24.3 Å². The number of nitrogens with one attached hydrogen (secondary N) is 2. The summed E-state index contributed by atoms with van der Waals surface area (Å²) in [7, 11) is 0. The number of ether oxygens (including phenoxy) is 2. The number of aliphatic hydroxyl groups is 1. The molecule has 2 aliphatic rings. The number of hydrogen-bond acceptors (Lipinski definition) is 7. The smallest absolute Gasteiger partial charge is 0.321 e. The Bertz CT molecular complexity index is 1500. The molecular weight excluding hydrogens is 544 g/mol. The minimum absolute atomic E-state index is 0.104. The minimum Gasteiger partial charge on any atom is -0.491 e. The maximum atomic E-state index is 12.5. The molecule has 2 amide bonds. The standard InChI is InChI=1S/C30H33ClN6O4/c31-26-8-5-22(33-30(39)37-9-1-2-10-37)16-25(26)28-34-27-15-21(17-32-29(27)35-28)20-3-6-24(7-4-20)41-19-23(38)18-36-11-13-40-14-12-36/h3-8,15-17,23,38H,1-2,9-14,18-19H2,(H,33,39)(H,32,34,35). The number of anilines is 1. The first-order valence-corrected chi connectivity index (χ1v) is 14.3. The van der Waals surface area contributed by atoms with E-state index in [2.05, 4.69) is 25.2 Å². The molecule has 0 radical (unpaired) electrons. The van der Waals surface area contributed by atoms with Gasteiger partial charge in [-0.3, -0.25) is 4.90 Å². The van der Waals surface area contributed by atoms with Gasteiger partial charge in [-0.25, -0.2) is 14.8 Å². The van der Waals surface area contributed by atoms with Crippen molar-refractivity contribution >= 4 is 34.5 Å². The summed E-state index contributed by atoms with van der Waals surface area (Å²) in [5.74, 6) is 1.27. The number of aromatic amines is 1. The number of aliphatic hydroxyl groups excluding tert-OH is 1. The van der Waals surface area contributed by atoms with Gasteiger partial charge in [0.25, 0.3) is 0 Å². The summed E-state index contributed by atoms with van der Waals surface area (Å²) in [6.07, 6.45) is 3.28. The number of aromatic nitrogens is 3. The first-order valence-electron chi connectivity index (χ1n) is 13.9. The SMILES string of the molecule is O=C(Nc1ccc(Cl)c(-c2nc3ncc(-c4ccc(OCC(O)CN5CCOCC5)cc4)cc3[nH]2)c1)N1CCCC1. The van der Waals surface area contributed by atoms with E-state index in [4.69, 9.17) is 21.1 Å². The topological polar surface area (TPSA) is 116 Å². The molecule has 0 aliphatic carbocycles. The van der Waals surface area contributed by atoms with Crippen LogP contribution in [0, 0.1) is 0 Å². The number of carbonyl (C=O) groups is 1. The Kier molecular flexibility index (Phi) is 8.33. The van der Waals surface area contributed by atoms with Crippen molar-refractivity contribution in [3.63, 3.8) is 0 Å². The monoisotopic (exact) mass is 576 g/mol. The molecule has 0 saturated carbocycles. The number of morpholine rings is 1. The number of carbonyl (C=O) groups excluding carboxylic acids is 1. The van der Waals surface area contributed by atoms with E-state index >= 15 is 0 Å². The quantitative estimate of drug-likeness (QED) is 0.280. The van der Waals surface area contributed by atoms with E-state index in [0.717, 1.165) is 55.7 Å². The first kappa shape index (κ1) is 27.5. The average Bonchev–Trinajstić information content (AvgIpc) is 3.68. The first-order chi connectivity index (χ1) is 20.0. The van der Waals surface area contributed by atoms with E-state index in [9.17, 15) is 9.90 Å². The van der Waals surface area contributed by atoms with Crippen LogP contribution in [-0.4, -0.2) is 94.5 Å². The Labute approximate surface area is 243 Å². The van der Waals surface area contributed by atoms with Crippen molar-refractivity contribution in [1.29, 1.82) is 0 Å². The molecule has 1 unspecified atom stereocenters. The van der Waals surface area contributed by atoms with Crippen LogP contribution in [0.25, 0.3) is 33.7 Å². The van der Waals surface area contributed by atoms with Crippen LogP contribution in [0.5, 0.6) is 5.75 Å². The predicted octanol–water partition coefficient (Wildman–Crippen LogP) is 4.64. The number of amides is 2. The van der Waals surface area contributed by atoms with Gasteiger partial charge in [-0.05, 0) is 54.8 Å². The number of rotatable bonds is 8. The molecule has 2 fully saturated rings. The maximum absolute atomic E-state index is 12.5. The molecule has 2 saturated heterocycles. The van der Waals surface area contributed by atoms with E-state index in [1.165, 1.54) is 0 Å². The Hall–Kier alpha value is -3.70. The lowest BCUT2D eigenvalue weighted by molar-refractivity contribution is 0.00465. The Morgan fingerprint density at radius 1 is 1.07 bits per heavy atom. The number of imidazole rings is 1. The maximum Gasteiger partial charge on any atom is 0.321 e. The highest BCUT2D eigenvalue weighted by Gasteiger charge is 2.19. The van der Waals surface area contributed by atoms with Gasteiger partial charge in [-0.1, -0.05) is 23.7 Å². The third-order valence-electron chi connectivity index (χ3n) is 7.41. The van der Waals surface area contributed by atoms with Gasteiger partial charge in [0.05, 0.1) is 23.8 Å². The molecule has 2 aliphatic heterocycles. The fraction of sp³-hybridized carbons (Fsp3) is 0.367. The van der Waals surface area contributed by atoms with Crippen LogP contribution in [-0.2, 0) is 4.74 Å². The van der Waals surface area contributed by atoms with Gasteiger partial charge in [-0.15, -0.1) is 0 Å². The van der Waals surface area contributed by atoms with E-state index < -0.39 is 6.10 Å². The number of pyridine rings is 1. The fourth-order valence-electron chi connectivity index (χ4n) is 5.16. The molecule has 1 atom stereocenters. The number of nitrogens with zero attached hydrogens (tertiary/aromatic N) is 4. The van der Waals surface area contributed by atoms with Gasteiger partial charge >= 0.3 is 6.03 Å². The molecule has 10 nitrogen and oxygen atoms in total. The summed E-state index contributed by atoms with van der Waals surface area (Å²) >= 11 is 6.52. The molecule has 214 valence electrons. The Morgan fingerprint density at radius 3 is 2.63 bits per heavy atom. The van der Waals surface area contributed by atoms with E-state index in [1.54, 1.807) is 18.3 Å². The fourth-order valence-corrected chi connectivity index (χ4v) is 5.37. The van der Waals surface area contributed by atoms with E-state index in [-0.39, 0.29) is 12.6 Å². The number of hydrogen-bond donors (Lipinski definition) is 3. The zero-order valence-electron chi connectivity index (χ0n) is 22.7. The van der Waals surface area contributed by atoms with Crippen LogP contribution >= 0.6 is 11.6 Å². The number of benzene rings is 2.